The predicted molar refractivity (Wildman–Crippen MR) is 97.9 cm³/mol. The number of amides is 3. The van der Waals surface area contributed by atoms with Crippen LogP contribution >= 0.6 is 0 Å². The molecule has 0 saturated carbocycles. The molecule has 0 radical (unpaired) electrons. The van der Waals surface area contributed by atoms with Gasteiger partial charge in [0.05, 0.1) is 0 Å². The summed E-state index contributed by atoms with van der Waals surface area (Å²) in [5.41, 5.74) is 5.41. The fraction of sp³-hybridized carbons (Fsp3) is 0.526. The summed E-state index contributed by atoms with van der Waals surface area (Å²) in [7, 11) is 0. The minimum absolute atomic E-state index is 0.0409. The summed E-state index contributed by atoms with van der Waals surface area (Å²) in [6.07, 6.45) is 0.953. The molecule has 0 unspecified atom stereocenters. The molecule has 2 rings (SSSR count). The van der Waals surface area contributed by atoms with Gasteiger partial charge < -0.3 is 20.7 Å². The molecular formula is C19H27N3O4. The molecule has 1 fully saturated rings. The molecule has 26 heavy (non-hydrogen) atoms. The summed E-state index contributed by atoms with van der Waals surface area (Å²) >= 11 is 0. The van der Waals surface area contributed by atoms with Crippen molar-refractivity contribution in [1.82, 2.24) is 10.2 Å². The molecule has 1 aliphatic heterocycles. The molecule has 3 N–H and O–H groups in total. The lowest BCUT2D eigenvalue weighted by Crippen LogP contribution is -2.52. The van der Waals surface area contributed by atoms with Crippen LogP contribution in [-0.4, -0.2) is 47.0 Å². The standard InChI is InChI=1S/C19H27N3O4/c1-12-10-15(8-9-22(12)18(25)26-19(2,3)4)21-17(24)14-7-5-6-13(11-14)16(20)23/h5-7,11-12,15H,8-10H2,1-4H3,(H2,20,23)(H,21,24)/t12-,15-/m0/s1. The van der Waals surface area contributed by atoms with Gasteiger partial charge in [-0.2, -0.15) is 0 Å². The topological polar surface area (TPSA) is 102 Å². The van der Waals surface area contributed by atoms with Crippen molar-refractivity contribution in [3.8, 4) is 0 Å². The molecule has 7 nitrogen and oxygen atoms in total. The number of hydrogen-bond acceptors (Lipinski definition) is 4. The second-order valence-electron chi connectivity index (χ2n) is 7.66. The Morgan fingerprint density at radius 2 is 1.88 bits per heavy atom. The van der Waals surface area contributed by atoms with Crippen LogP contribution in [0.25, 0.3) is 0 Å². The van der Waals surface area contributed by atoms with E-state index in [0.29, 0.717) is 30.5 Å². The Kier molecular flexibility index (Phi) is 5.90. The molecule has 7 heteroatoms. The highest BCUT2D eigenvalue weighted by Gasteiger charge is 2.32. The molecule has 1 saturated heterocycles. The van der Waals surface area contributed by atoms with Crippen LogP contribution in [0.1, 0.15) is 61.3 Å². The first-order chi connectivity index (χ1) is 12.1. The Morgan fingerprint density at radius 1 is 1.23 bits per heavy atom. The molecule has 1 heterocycles. The first-order valence-electron chi connectivity index (χ1n) is 8.77. The number of hydrogen-bond donors (Lipinski definition) is 2. The fourth-order valence-electron chi connectivity index (χ4n) is 2.98. The normalized spacial score (nSPS) is 20.4. The Bertz CT molecular complexity index is 696. The van der Waals surface area contributed by atoms with E-state index in [1.165, 1.54) is 6.07 Å². The number of carbonyl (C=O) groups excluding carboxylic acids is 3. The number of rotatable bonds is 3. The summed E-state index contributed by atoms with van der Waals surface area (Å²) < 4.78 is 5.42. The summed E-state index contributed by atoms with van der Waals surface area (Å²) in [6.45, 7) is 7.96. The van der Waals surface area contributed by atoms with E-state index in [9.17, 15) is 14.4 Å². The van der Waals surface area contributed by atoms with Gasteiger partial charge in [0.2, 0.25) is 5.91 Å². The average Bonchev–Trinajstić information content (AvgIpc) is 2.53. The molecule has 1 aromatic carbocycles. The lowest BCUT2D eigenvalue weighted by Gasteiger charge is -2.38. The molecule has 0 aromatic heterocycles. The summed E-state index contributed by atoms with van der Waals surface area (Å²) in [6, 6.07) is 6.23. The third kappa shape index (κ3) is 5.21. The highest BCUT2D eigenvalue weighted by molar-refractivity contribution is 5.99. The van der Waals surface area contributed by atoms with Crippen molar-refractivity contribution in [3.63, 3.8) is 0 Å². The molecule has 142 valence electrons. The van der Waals surface area contributed by atoms with Crippen LogP contribution < -0.4 is 11.1 Å². The van der Waals surface area contributed by atoms with E-state index in [2.05, 4.69) is 5.32 Å². The maximum atomic E-state index is 12.4. The van der Waals surface area contributed by atoms with Crippen molar-refractivity contribution < 1.29 is 19.1 Å². The minimum atomic E-state index is -0.570. The monoisotopic (exact) mass is 361 g/mol. The molecule has 0 spiro atoms. The zero-order valence-electron chi connectivity index (χ0n) is 15.7. The Hall–Kier alpha value is -2.57. The number of nitrogens with one attached hydrogen (secondary N) is 1. The van der Waals surface area contributed by atoms with E-state index in [-0.39, 0.29) is 24.1 Å². The average molecular weight is 361 g/mol. The second-order valence-corrected chi connectivity index (χ2v) is 7.66. The van der Waals surface area contributed by atoms with Crippen LogP contribution in [0.4, 0.5) is 4.79 Å². The van der Waals surface area contributed by atoms with Crippen LogP contribution in [0, 0.1) is 0 Å². The van der Waals surface area contributed by atoms with Gasteiger partial charge in [-0.3, -0.25) is 9.59 Å². The smallest absolute Gasteiger partial charge is 0.410 e. The summed E-state index contributed by atoms with van der Waals surface area (Å²) in [5, 5.41) is 2.97. The van der Waals surface area contributed by atoms with Gasteiger partial charge in [-0.25, -0.2) is 4.79 Å². The Labute approximate surface area is 153 Å². The largest absolute Gasteiger partial charge is 0.444 e. The maximum absolute atomic E-state index is 12.4. The van der Waals surface area contributed by atoms with Crippen LogP contribution in [0.5, 0.6) is 0 Å². The van der Waals surface area contributed by atoms with E-state index in [1.54, 1.807) is 23.1 Å². The van der Waals surface area contributed by atoms with Gasteiger partial charge in [0.15, 0.2) is 0 Å². The van der Waals surface area contributed by atoms with Gasteiger partial charge in [0, 0.05) is 29.8 Å². The van der Waals surface area contributed by atoms with Crippen molar-refractivity contribution in [1.29, 1.82) is 0 Å². The molecule has 0 aliphatic carbocycles. The van der Waals surface area contributed by atoms with Crippen molar-refractivity contribution >= 4 is 17.9 Å². The Balaban J connectivity index is 1.95. The van der Waals surface area contributed by atoms with E-state index in [0.717, 1.165) is 0 Å². The lowest BCUT2D eigenvalue weighted by atomic mass is 9.98. The molecule has 2 atom stereocenters. The van der Waals surface area contributed by atoms with E-state index in [4.69, 9.17) is 10.5 Å². The number of carbonyl (C=O) groups is 3. The zero-order chi connectivity index (χ0) is 19.5. The molecular weight excluding hydrogens is 334 g/mol. The number of likely N-dealkylation sites (tertiary alicyclic amines) is 1. The molecule has 1 aliphatic rings. The van der Waals surface area contributed by atoms with Gasteiger partial charge in [-0.1, -0.05) is 6.07 Å². The highest BCUT2D eigenvalue weighted by Crippen LogP contribution is 2.21. The number of nitrogens with two attached hydrogens (primary N) is 1. The SMILES string of the molecule is C[C@H]1C[C@@H](NC(=O)c2cccc(C(N)=O)c2)CCN1C(=O)OC(C)(C)C. The first-order valence-corrected chi connectivity index (χ1v) is 8.77. The number of benzene rings is 1. The number of ether oxygens (including phenoxy) is 1. The van der Waals surface area contributed by atoms with Crippen LogP contribution in [-0.2, 0) is 4.74 Å². The number of piperidine rings is 1. The maximum Gasteiger partial charge on any atom is 0.410 e. The van der Waals surface area contributed by atoms with Gasteiger partial charge in [0.25, 0.3) is 5.91 Å². The quantitative estimate of drug-likeness (QED) is 0.862. The highest BCUT2D eigenvalue weighted by atomic mass is 16.6. The molecule has 0 bridgehead atoms. The predicted octanol–water partition coefficient (Wildman–Crippen LogP) is 2.30. The minimum Gasteiger partial charge on any atom is -0.444 e. The van der Waals surface area contributed by atoms with Gasteiger partial charge in [0.1, 0.15) is 5.60 Å². The second kappa shape index (κ2) is 7.76. The third-order valence-corrected chi connectivity index (χ3v) is 4.25. The number of primary amides is 1. The van der Waals surface area contributed by atoms with Crippen molar-refractivity contribution in [3.05, 3.63) is 35.4 Å². The van der Waals surface area contributed by atoms with E-state index in [1.807, 2.05) is 27.7 Å². The van der Waals surface area contributed by atoms with E-state index < -0.39 is 11.5 Å². The van der Waals surface area contributed by atoms with Gasteiger partial charge >= 0.3 is 6.09 Å². The Morgan fingerprint density at radius 3 is 2.46 bits per heavy atom. The van der Waals surface area contributed by atoms with E-state index >= 15 is 0 Å². The van der Waals surface area contributed by atoms with Crippen LogP contribution in [0.15, 0.2) is 24.3 Å². The van der Waals surface area contributed by atoms with Gasteiger partial charge in [-0.15, -0.1) is 0 Å². The van der Waals surface area contributed by atoms with Crippen molar-refractivity contribution in [2.24, 2.45) is 5.73 Å². The van der Waals surface area contributed by atoms with Crippen LogP contribution in [0.2, 0.25) is 0 Å². The van der Waals surface area contributed by atoms with Crippen LogP contribution in [0.3, 0.4) is 0 Å². The summed E-state index contributed by atoms with van der Waals surface area (Å²) in [4.78, 5) is 37.6. The first kappa shape index (κ1) is 19.8. The zero-order valence-corrected chi connectivity index (χ0v) is 15.7. The third-order valence-electron chi connectivity index (χ3n) is 4.25. The van der Waals surface area contributed by atoms with Crippen molar-refractivity contribution in [2.75, 3.05) is 6.54 Å². The lowest BCUT2D eigenvalue weighted by molar-refractivity contribution is 0.00959. The summed E-state index contributed by atoms with van der Waals surface area (Å²) in [5.74, 6) is -0.824. The molecule has 1 aromatic rings. The molecule has 3 amide bonds. The fourth-order valence-corrected chi connectivity index (χ4v) is 2.98. The van der Waals surface area contributed by atoms with Crippen molar-refractivity contribution in [2.45, 2.75) is 58.2 Å². The number of nitrogens with zero attached hydrogens (tertiary/aromatic N) is 1. The van der Waals surface area contributed by atoms with Gasteiger partial charge in [-0.05, 0) is 58.7 Å².